The molecule has 3 rings (SSSR count). The molecule has 1 atom stereocenters. The van der Waals surface area contributed by atoms with Crippen LogP contribution in [0.15, 0.2) is 53.4 Å². The maximum Gasteiger partial charge on any atom is 0.243 e. The average molecular weight is 466 g/mol. The van der Waals surface area contributed by atoms with E-state index in [-0.39, 0.29) is 23.3 Å². The van der Waals surface area contributed by atoms with Gasteiger partial charge in [-0.3, -0.25) is 4.79 Å². The number of ether oxygens (including phenoxy) is 1. The molecule has 0 spiro atoms. The zero-order valence-electron chi connectivity index (χ0n) is 17.8. The van der Waals surface area contributed by atoms with Crippen molar-refractivity contribution in [1.29, 1.82) is 0 Å². The first kappa shape index (κ1) is 23.8. The van der Waals surface area contributed by atoms with Gasteiger partial charge in [0.15, 0.2) is 5.78 Å². The van der Waals surface area contributed by atoms with Crippen molar-refractivity contribution >= 4 is 27.4 Å². The lowest BCUT2D eigenvalue weighted by Crippen LogP contribution is -2.40. The number of hydrogen-bond donors (Lipinski definition) is 1. The molecule has 31 heavy (non-hydrogen) atoms. The summed E-state index contributed by atoms with van der Waals surface area (Å²) in [6.07, 6.45) is 0. The summed E-state index contributed by atoms with van der Waals surface area (Å²) in [4.78, 5) is 14.8. The monoisotopic (exact) mass is 465 g/mol. The van der Waals surface area contributed by atoms with Gasteiger partial charge in [-0.15, -0.1) is 0 Å². The number of benzene rings is 2. The second kappa shape index (κ2) is 10.7. The van der Waals surface area contributed by atoms with Crippen LogP contribution in [0.4, 0.5) is 0 Å². The van der Waals surface area contributed by atoms with Gasteiger partial charge in [0.1, 0.15) is 0 Å². The highest BCUT2D eigenvalue weighted by Crippen LogP contribution is 2.25. The van der Waals surface area contributed by atoms with E-state index in [1.807, 2.05) is 43.3 Å². The van der Waals surface area contributed by atoms with Crippen LogP contribution in [0.25, 0.3) is 0 Å². The Kier molecular flexibility index (Phi) is 8.21. The van der Waals surface area contributed by atoms with Crippen molar-refractivity contribution in [2.75, 3.05) is 53.5 Å². The average Bonchev–Trinajstić information content (AvgIpc) is 2.78. The summed E-state index contributed by atoms with van der Waals surface area (Å²) in [7, 11) is 0.358. The smallest absolute Gasteiger partial charge is 0.243 e. The third kappa shape index (κ3) is 5.91. The number of carbonyl (C=O) groups excluding carboxylic acids is 1. The molecule has 7 nitrogen and oxygen atoms in total. The van der Waals surface area contributed by atoms with Crippen molar-refractivity contribution in [3.63, 3.8) is 0 Å². The van der Waals surface area contributed by atoms with Crippen LogP contribution in [0.5, 0.6) is 0 Å². The molecule has 1 aliphatic rings. The number of likely N-dealkylation sites (N-methyl/N-ethyl adjacent to an activating group) is 1. The molecule has 1 aliphatic heterocycles. The molecule has 0 aromatic heterocycles. The third-order valence-corrected chi connectivity index (χ3v) is 7.55. The fraction of sp³-hybridized carbons (Fsp3) is 0.409. The number of Topliss-reactive ketones (excluding diaryl/α,β-unsaturated/α-hetero) is 1. The van der Waals surface area contributed by atoms with Gasteiger partial charge < -0.3 is 15.0 Å². The van der Waals surface area contributed by atoms with E-state index in [2.05, 4.69) is 5.32 Å². The Hall–Kier alpha value is -1.81. The Morgan fingerprint density at radius 1 is 1.13 bits per heavy atom. The Bertz CT molecular complexity index is 990. The van der Waals surface area contributed by atoms with E-state index < -0.39 is 10.0 Å². The Morgan fingerprint density at radius 3 is 2.39 bits per heavy atom. The lowest BCUT2D eigenvalue weighted by atomic mass is 10.1. The topological polar surface area (TPSA) is 79.0 Å². The van der Waals surface area contributed by atoms with E-state index in [0.29, 0.717) is 43.4 Å². The number of sulfonamides is 1. The lowest BCUT2D eigenvalue weighted by Gasteiger charge is -2.26. The van der Waals surface area contributed by atoms with Gasteiger partial charge in [0.2, 0.25) is 10.0 Å². The summed E-state index contributed by atoms with van der Waals surface area (Å²) >= 11 is 6.33. The van der Waals surface area contributed by atoms with Crippen LogP contribution in [-0.4, -0.2) is 76.9 Å². The lowest BCUT2D eigenvalue weighted by molar-refractivity contribution is 0.0730. The minimum absolute atomic E-state index is 0.0162. The van der Waals surface area contributed by atoms with E-state index in [1.165, 1.54) is 16.4 Å². The molecule has 1 unspecified atom stereocenters. The van der Waals surface area contributed by atoms with E-state index in [1.54, 1.807) is 12.1 Å². The van der Waals surface area contributed by atoms with E-state index in [0.717, 1.165) is 5.56 Å². The highest BCUT2D eigenvalue weighted by molar-refractivity contribution is 7.89. The molecule has 1 heterocycles. The number of ketones is 1. The SMILES string of the molecule is CN(C)C(CNCC(=O)c1ccc(S(=O)(=O)N2CCOCC2)cc1)c1ccccc1Cl. The summed E-state index contributed by atoms with van der Waals surface area (Å²) in [6.45, 7) is 2.15. The van der Waals surface area contributed by atoms with Gasteiger partial charge in [-0.1, -0.05) is 41.9 Å². The Morgan fingerprint density at radius 2 is 1.77 bits per heavy atom. The summed E-state index contributed by atoms with van der Waals surface area (Å²) < 4.78 is 32.0. The number of morpholine rings is 1. The van der Waals surface area contributed by atoms with E-state index in [9.17, 15) is 13.2 Å². The molecule has 2 aromatic rings. The predicted octanol–water partition coefficient (Wildman–Crippen LogP) is 2.44. The maximum atomic E-state index is 12.7. The summed E-state index contributed by atoms with van der Waals surface area (Å²) in [6, 6.07) is 13.8. The van der Waals surface area contributed by atoms with Gasteiger partial charge >= 0.3 is 0 Å². The minimum atomic E-state index is -3.57. The molecule has 168 valence electrons. The van der Waals surface area contributed by atoms with Crippen molar-refractivity contribution in [2.24, 2.45) is 0 Å². The van der Waals surface area contributed by atoms with Crippen molar-refractivity contribution in [2.45, 2.75) is 10.9 Å². The summed E-state index contributed by atoms with van der Waals surface area (Å²) in [5.41, 5.74) is 1.46. The summed E-state index contributed by atoms with van der Waals surface area (Å²) in [5, 5.41) is 3.88. The van der Waals surface area contributed by atoms with Crippen molar-refractivity contribution in [3.8, 4) is 0 Å². The van der Waals surface area contributed by atoms with Crippen LogP contribution in [-0.2, 0) is 14.8 Å². The van der Waals surface area contributed by atoms with E-state index in [4.69, 9.17) is 16.3 Å². The number of hydrogen-bond acceptors (Lipinski definition) is 6. The number of carbonyl (C=O) groups is 1. The van der Waals surface area contributed by atoms with Crippen molar-refractivity contribution in [1.82, 2.24) is 14.5 Å². The van der Waals surface area contributed by atoms with Gasteiger partial charge in [0.05, 0.1) is 24.7 Å². The van der Waals surface area contributed by atoms with Gasteiger partial charge in [-0.2, -0.15) is 4.31 Å². The molecule has 1 fully saturated rings. The first-order valence-electron chi connectivity index (χ1n) is 10.1. The number of rotatable bonds is 9. The molecular weight excluding hydrogens is 438 g/mol. The molecule has 0 radical (unpaired) electrons. The molecule has 0 bridgehead atoms. The fourth-order valence-corrected chi connectivity index (χ4v) is 5.16. The van der Waals surface area contributed by atoms with Crippen LogP contribution in [0.1, 0.15) is 22.0 Å². The largest absolute Gasteiger partial charge is 0.379 e. The molecule has 0 saturated carbocycles. The Balaban J connectivity index is 1.60. The maximum absolute atomic E-state index is 12.7. The molecule has 0 amide bonds. The molecule has 2 aromatic carbocycles. The van der Waals surface area contributed by atoms with Crippen LogP contribution < -0.4 is 5.32 Å². The van der Waals surface area contributed by atoms with E-state index >= 15 is 0 Å². The first-order valence-corrected chi connectivity index (χ1v) is 11.9. The highest BCUT2D eigenvalue weighted by atomic mass is 35.5. The van der Waals surface area contributed by atoms with Crippen LogP contribution >= 0.6 is 11.6 Å². The van der Waals surface area contributed by atoms with Crippen molar-refractivity contribution < 1.29 is 17.9 Å². The second-order valence-corrected chi connectivity index (χ2v) is 9.94. The number of nitrogens with one attached hydrogen (secondary N) is 1. The molecule has 1 N–H and O–H groups in total. The van der Waals surface area contributed by atoms with Crippen LogP contribution in [0.3, 0.4) is 0 Å². The predicted molar refractivity (Wildman–Crippen MR) is 121 cm³/mol. The minimum Gasteiger partial charge on any atom is -0.379 e. The Labute approximate surface area is 189 Å². The zero-order chi connectivity index (χ0) is 22.4. The molecule has 9 heteroatoms. The van der Waals surface area contributed by atoms with Crippen LogP contribution in [0, 0.1) is 0 Å². The zero-order valence-corrected chi connectivity index (χ0v) is 19.3. The normalized spacial score (nSPS) is 16.4. The van der Waals surface area contributed by atoms with Gasteiger partial charge in [0.25, 0.3) is 0 Å². The van der Waals surface area contributed by atoms with Crippen LogP contribution in [0.2, 0.25) is 5.02 Å². The third-order valence-electron chi connectivity index (χ3n) is 5.29. The number of halogens is 1. The summed E-state index contributed by atoms with van der Waals surface area (Å²) in [5.74, 6) is -0.105. The standard InChI is InChI=1S/C22H28ClN3O4S/c1-25(2)21(19-5-3-4-6-20(19)23)15-24-16-22(27)17-7-9-18(10-8-17)31(28,29)26-11-13-30-14-12-26/h3-10,21,24H,11-16H2,1-2H3. The molecular formula is C22H28ClN3O4S. The molecule has 0 aliphatic carbocycles. The van der Waals surface area contributed by atoms with Gasteiger partial charge in [-0.05, 0) is 37.9 Å². The number of nitrogens with zero attached hydrogens (tertiary/aromatic N) is 2. The van der Waals surface area contributed by atoms with Gasteiger partial charge in [-0.25, -0.2) is 8.42 Å². The van der Waals surface area contributed by atoms with Gasteiger partial charge in [0, 0.05) is 36.3 Å². The fourth-order valence-electron chi connectivity index (χ4n) is 3.49. The second-order valence-electron chi connectivity index (χ2n) is 7.60. The van der Waals surface area contributed by atoms with Crippen molar-refractivity contribution in [3.05, 3.63) is 64.7 Å². The molecule has 1 saturated heterocycles. The quantitative estimate of drug-likeness (QED) is 0.573. The first-order chi connectivity index (χ1) is 14.8. The highest BCUT2D eigenvalue weighted by Gasteiger charge is 2.26.